The summed E-state index contributed by atoms with van der Waals surface area (Å²) in [7, 11) is 1.55. The molecule has 0 saturated heterocycles. The quantitative estimate of drug-likeness (QED) is 0.392. The predicted octanol–water partition coefficient (Wildman–Crippen LogP) is 3.49. The summed E-state index contributed by atoms with van der Waals surface area (Å²) >= 11 is 0. The van der Waals surface area contributed by atoms with Gasteiger partial charge in [-0.15, -0.1) is 0 Å². The summed E-state index contributed by atoms with van der Waals surface area (Å²) in [4.78, 5) is 21.3. The minimum atomic E-state index is -0.247. The Labute approximate surface area is 203 Å². The molecule has 1 fully saturated rings. The zero-order chi connectivity index (χ0) is 24.4. The number of carbonyl (C=O) groups excluding carboxylic acids is 1. The highest BCUT2D eigenvalue weighted by atomic mass is 16.5. The molecule has 0 bridgehead atoms. The number of aromatic nitrogens is 4. The Kier molecular flexibility index (Phi) is 6.33. The Hall–Kier alpha value is -3.98. The van der Waals surface area contributed by atoms with E-state index in [4.69, 9.17) is 15.6 Å². The minimum absolute atomic E-state index is 0.161. The Morgan fingerprint density at radius 2 is 1.86 bits per heavy atom. The average Bonchev–Trinajstić information content (AvgIpc) is 3.29. The molecule has 2 aromatic heterocycles. The second kappa shape index (κ2) is 9.71. The average molecular weight is 473 g/mol. The van der Waals surface area contributed by atoms with Gasteiger partial charge in [-0.25, -0.2) is 14.6 Å². The zero-order valence-electron chi connectivity index (χ0n) is 19.5. The Balaban J connectivity index is 1.38. The van der Waals surface area contributed by atoms with Crippen molar-refractivity contribution < 1.29 is 14.6 Å². The number of carbonyl (C=O) groups is 1. The van der Waals surface area contributed by atoms with E-state index in [1.165, 1.54) is 6.33 Å². The van der Waals surface area contributed by atoms with E-state index in [0.717, 1.165) is 47.9 Å². The summed E-state index contributed by atoms with van der Waals surface area (Å²) in [6.07, 6.45) is 4.39. The molecule has 35 heavy (non-hydrogen) atoms. The first-order valence-corrected chi connectivity index (χ1v) is 11.7. The number of rotatable bonds is 6. The number of aliphatic hydroxyl groups excluding tert-OH is 1. The van der Waals surface area contributed by atoms with Gasteiger partial charge < -0.3 is 20.9 Å². The van der Waals surface area contributed by atoms with Crippen molar-refractivity contribution in [2.45, 2.75) is 44.4 Å². The molecule has 5 rings (SSSR count). The van der Waals surface area contributed by atoms with Gasteiger partial charge in [0.1, 0.15) is 23.6 Å². The first-order chi connectivity index (χ1) is 17.0. The van der Waals surface area contributed by atoms with Crippen LogP contribution in [0.2, 0.25) is 0 Å². The van der Waals surface area contributed by atoms with E-state index in [1.54, 1.807) is 25.3 Å². The number of fused-ring (bicyclic) bond motifs is 1. The topological polar surface area (TPSA) is 128 Å². The number of benzene rings is 2. The Morgan fingerprint density at radius 3 is 2.60 bits per heavy atom. The summed E-state index contributed by atoms with van der Waals surface area (Å²) < 4.78 is 7.22. The molecule has 1 aliphatic rings. The van der Waals surface area contributed by atoms with Crippen molar-refractivity contribution in [2.75, 3.05) is 12.8 Å². The number of nitrogens with two attached hydrogens (primary N) is 1. The largest absolute Gasteiger partial charge is 0.496 e. The van der Waals surface area contributed by atoms with Gasteiger partial charge in [-0.1, -0.05) is 36.4 Å². The number of hydrogen-bond donors (Lipinski definition) is 3. The molecule has 0 atom stereocenters. The van der Waals surface area contributed by atoms with Gasteiger partial charge in [-0.05, 0) is 43.4 Å². The number of ether oxygens (including phenoxy) is 1. The third-order valence-electron chi connectivity index (χ3n) is 6.56. The van der Waals surface area contributed by atoms with E-state index in [0.29, 0.717) is 29.3 Å². The maximum atomic E-state index is 12.6. The molecule has 0 radical (unpaired) electrons. The summed E-state index contributed by atoms with van der Waals surface area (Å²) in [5.74, 6) is 0.731. The Morgan fingerprint density at radius 1 is 1.11 bits per heavy atom. The van der Waals surface area contributed by atoms with Gasteiger partial charge in [-0.3, -0.25) is 4.79 Å². The van der Waals surface area contributed by atoms with Crippen molar-refractivity contribution in [1.29, 1.82) is 0 Å². The molecule has 2 heterocycles. The zero-order valence-corrected chi connectivity index (χ0v) is 19.5. The van der Waals surface area contributed by atoms with Crippen LogP contribution >= 0.6 is 0 Å². The molecule has 180 valence electrons. The molecule has 1 aliphatic carbocycles. The maximum Gasteiger partial charge on any atom is 0.255 e. The lowest BCUT2D eigenvalue weighted by atomic mass is 9.93. The summed E-state index contributed by atoms with van der Waals surface area (Å²) in [6, 6.07) is 15.1. The smallest absolute Gasteiger partial charge is 0.255 e. The summed E-state index contributed by atoms with van der Waals surface area (Å²) in [6.45, 7) is 0.377. The van der Waals surface area contributed by atoms with Gasteiger partial charge in [-0.2, -0.15) is 5.10 Å². The molecule has 4 N–H and O–H groups in total. The lowest BCUT2D eigenvalue weighted by Gasteiger charge is -2.25. The van der Waals surface area contributed by atoms with Crippen LogP contribution in [0.5, 0.6) is 5.75 Å². The summed E-state index contributed by atoms with van der Waals surface area (Å²) in [5, 5.41) is 18.5. The van der Waals surface area contributed by atoms with Crippen LogP contribution in [0.1, 0.15) is 47.6 Å². The van der Waals surface area contributed by atoms with Crippen molar-refractivity contribution in [3.8, 4) is 17.0 Å². The van der Waals surface area contributed by atoms with Gasteiger partial charge >= 0.3 is 0 Å². The van der Waals surface area contributed by atoms with Gasteiger partial charge in [0.05, 0.1) is 30.2 Å². The molecule has 0 spiro atoms. The van der Waals surface area contributed by atoms with E-state index < -0.39 is 0 Å². The number of hydrogen-bond acceptors (Lipinski definition) is 7. The first-order valence-electron chi connectivity index (χ1n) is 11.7. The third kappa shape index (κ3) is 4.54. The fourth-order valence-corrected chi connectivity index (χ4v) is 4.65. The molecule has 1 amide bonds. The first kappa shape index (κ1) is 22.8. The fourth-order valence-electron chi connectivity index (χ4n) is 4.65. The van der Waals surface area contributed by atoms with Crippen LogP contribution < -0.4 is 15.8 Å². The van der Waals surface area contributed by atoms with Crippen molar-refractivity contribution in [1.82, 2.24) is 25.1 Å². The predicted molar refractivity (Wildman–Crippen MR) is 133 cm³/mol. The second-order valence-corrected chi connectivity index (χ2v) is 8.79. The number of nitrogens with one attached hydrogen (secondary N) is 1. The van der Waals surface area contributed by atoms with Crippen LogP contribution in [-0.4, -0.2) is 44.0 Å². The van der Waals surface area contributed by atoms with Gasteiger partial charge in [0.2, 0.25) is 0 Å². The van der Waals surface area contributed by atoms with Crippen molar-refractivity contribution >= 4 is 22.8 Å². The number of nitrogen functional groups attached to an aromatic ring is 1. The second-order valence-electron chi connectivity index (χ2n) is 8.79. The van der Waals surface area contributed by atoms with Crippen LogP contribution in [0.3, 0.4) is 0 Å². The van der Waals surface area contributed by atoms with Crippen LogP contribution in [-0.2, 0) is 6.54 Å². The van der Waals surface area contributed by atoms with Crippen molar-refractivity contribution in [2.24, 2.45) is 0 Å². The van der Waals surface area contributed by atoms with Crippen molar-refractivity contribution in [3.05, 3.63) is 66.0 Å². The lowest BCUT2D eigenvalue weighted by molar-refractivity contribution is 0.0947. The molecule has 2 aromatic carbocycles. The molecule has 4 aromatic rings. The molecular weight excluding hydrogens is 444 g/mol. The van der Waals surface area contributed by atoms with E-state index >= 15 is 0 Å². The molecule has 0 unspecified atom stereocenters. The normalized spacial score (nSPS) is 17.9. The fraction of sp³-hybridized carbons (Fsp3) is 0.308. The molecule has 0 aliphatic heterocycles. The third-order valence-corrected chi connectivity index (χ3v) is 6.56. The lowest BCUT2D eigenvalue weighted by Crippen LogP contribution is -2.23. The van der Waals surface area contributed by atoms with E-state index in [1.807, 2.05) is 35.0 Å². The number of methoxy groups -OCH3 is 1. The van der Waals surface area contributed by atoms with Crippen LogP contribution in [0.15, 0.2) is 54.9 Å². The van der Waals surface area contributed by atoms with Crippen LogP contribution in [0.25, 0.3) is 22.3 Å². The van der Waals surface area contributed by atoms with E-state index in [9.17, 15) is 9.90 Å². The number of para-hydroxylation sites is 1. The minimum Gasteiger partial charge on any atom is -0.496 e. The van der Waals surface area contributed by atoms with Gasteiger partial charge in [0.25, 0.3) is 5.91 Å². The number of nitrogens with zero attached hydrogens (tertiary/aromatic N) is 4. The van der Waals surface area contributed by atoms with E-state index in [2.05, 4.69) is 15.3 Å². The molecule has 9 nitrogen and oxygen atoms in total. The highest BCUT2D eigenvalue weighted by molar-refractivity contribution is 5.98. The molecule has 1 saturated carbocycles. The molecular formula is C26H28N6O3. The summed E-state index contributed by atoms with van der Waals surface area (Å²) in [5.41, 5.74) is 10.0. The Bertz CT molecular complexity index is 1340. The maximum absolute atomic E-state index is 12.6. The number of anilines is 1. The van der Waals surface area contributed by atoms with Gasteiger partial charge in [0, 0.05) is 12.1 Å². The SMILES string of the molecule is COc1ccccc1C(=O)NCc1ccc(-c2nn(C3CCC(O)CC3)c3ncnc(N)c23)cc1. The molecule has 9 heteroatoms. The highest BCUT2D eigenvalue weighted by Gasteiger charge is 2.26. The van der Waals surface area contributed by atoms with Crippen LogP contribution in [0.4, 0.5) is 5.82 Å². The number of amides is 1. The highest BCUT2D eigenvalue weighted by Crippen LogP contribution is 2.35. The standard InChI is InChI=1S/C26H28N6O3/c1-35-21-5-3-2-4-20(21)26(34)28-14-16-6-8-17(9-7-16)23-22-24(27)29-15-30-25(22)32(31-23)18-10-12-19(33)13-11-18/h2-9,15,18-19,33H,10-14H2,1H3,(H,28,34)(H2,27,29,30). The van der Waals surface area contributed by atoms with E-state index in [-0.39, 0.29) is 18.1 Å². The van der Waals surface area contributed by atoms with Crippen molar-refractivity contribution in [3.63, 3.8) is 0 Å². The van der Waals surface area contributed by atoms with Crippen LogP contribution in [0, 0.1) is 0 Å². The van der Waals surface area contributed by atoms with Gasteiger partial charge in [0.15, 0.2) is 5.65 Å². The number of aliphatic hydroxyl groups is 1. The monoisotopic (exact) mass is 472 g/mol.